The van der Waals surface area contributed by atoms with Gasteiger partial charge in [-0.1, -0.05) is 12.1 Å². The van der Waals surface area contributed by atoms with Crippen molar-refractivity contribution >= 4 is 11.8 Å². The predicted octanol–water partition coefficient (Wildman–Crippen LogP) is 2.88. The summed E-state index contributed by atoms with van der Waals surface area (Å²) < 4.78 is 2.05. The van der Waals surface area contributed by atoms with E-state index in [1.54, 1.807) is 0 Å². The lowest BCUT2D eigenvalue weighted by molar-refractivity contribution is -0.139. The monoisotopic (exact) mass is 365 g/mol. The van der Waals surface area contributed by atoms with E-state index in [9.17, 15) is 9.59 Å². The number of hydrogen-bond acceptors (Lipinski definition) is 2. The zero-order valence-electron chi connectivity index (χ0n) is 15.7. The van der Waals surface area contributed by atoms with Gasteiger partial charge in [0, 0.05) is 50.2 Å². The minimum Gasteiger partial charge on any atom is -0.342 e. The van der Waals surface area contributed by atoms with E-state index in [0.717, 1.165) is 50.0 Å². The van der Waals surface area contributed by atoms with Crippen LogP contribution in [-0.2, 0) is 16.0 Å². The Balaban J connectivity index is 1.28. The number of nitrogens with zero attached hydrogens (tertiary/aromatic N) is 3. The van der Waals surface area contributed by atoms with Crippen molar-refractivity contribution in [2.75, 3.05) is 26.2 Å². The van der Waals surface area contributed by atoms with Gasteiger partial charge in [0.15, 0.2) is 0 Å². The minimum absolute atomic E-state index is 0.105. The molecule has 142 valence electrons. The van der Waals surface area contributed by atoms with Gasteiger partial charge in [0.25, 0.3) is 0 Å². The molecule has 0 aliphatic carbocycles. The highest BCUT2D eigenvalue weighted by Gasteiger charge is 2.31. The Morgan fingerprint density at radius 2 is 1.48 bits per heavy atom. The fraction of sp³-hybridized carbons (Fsp3) is 0.455. The molecule has 2 fully saturated rings. The predicted molar refractivity (Wildman–Crippen MR) is 105 cm³/mol. The highest BCUT2D eigenvalue weighted by molar-refractivity contribution is 5.81. The van der Waals surface area contributed by atoms with E-state index in [-0.39, 0.29) is 11.8 Å². The van der Waals surface area contributed by atoms with Crippen molar-refractivity contribution in [3.63, 3.8) is 0 Å². The second-order valence-corrected chi connectivity index (χ2v) is 7.62. The molecule has 5 nitrogen and oxygen atoms in total. The molecule has 1 aromatic carbocycles. The van der Waals surface area contributed by atoms with Crippen molar-refractivity contribution in [2.45, 2.75) is 32.1 Å². The van der Waals surface area contributed by atoms with Crippen molar-refractivity contribution in [1.82, 2.24) is 14.4 Å². The summed E-state index contributed by atoms with van der Waals surface area (Å²) in [5.41, 5.74) is 2.13. The van der Waals surface area contributed by atoms with Gasteiger partial charge in [-0.05, 0) is 55.5 Å². The van der Waals surface area contributed by atoms with E-state index in [1.807, 2.05) is 63.2 Å². The molecule has 0 saturated carbocycles. The van der Waals surface area contributed by atoms with Gasteiger partial charge < -0.3 is 14.4 Å². The SMILES string of the molecule is O=C(Cc1ccc(-n2cccc2)cc1)N1CCC(C(=O)N2CCCC2)CC1. The van der Waals surface area contributed by atoms with Crippen LogP contribution in [0.3, 0.4) is 0 Å². The number of amides is 2. The van der Waals surface area contributed by atoms with E-state index in [1.165, 1.54) is 0 Å². The van der Waals surface area contributed by atoms with Gasteiger partial charge in [0.2, 0.25) is 11.8 Å². The molecular weight excluding hydrogens is 338 g/mol. The molecule has 2 saturated heterocycles. The van der Waals surface area contributed by atoms with E-state index in [4.69, 9.17) is 0 Å². The maximum Gasteiger partial charge on any atom is 0.226 e. The van der Waals surface area contributed by atoms with Crippen LogP contribution < -0.4 is 0 Å². The summed E-state index contributed by atoms with van der Waals surface area (Å²) in [5, 5.41) is 0. The second-order valence-electron chi connectivity index (χ2n) is 7.62. The Hall–Kier alpha value is -2.56. The Morgan fingerprint density at radius 3 is 2.11 bits per heavy atom. The molecule has 5 heteroatoms. The smallest absolute Gasteiger partial charge is 0.226 e. The van der Waals surface area contributed by atoms with Crippen LogP contribution in [0, 0.1) is 5.92 Å². The number of aromatic nitrogens is 1. The number of carbonyl (C=O) groups excluding carboxylic acids is 2. The summed E-state index contributed by atoms with van der Waals surface area (Å²) in [5.74, 6) is 0.573. The average molecular weight is 365 g/mol. The van der Waals surface area contributed by atoms with E-state index in [2.05, 4.69) is 0 Å². The Morgan fingerprint density at radius 1 is 0.852 bits per heavy atom. The van der Waals surface area contributed by atoms with Crippen LogP contribution in [0.2, 0.25) is 0 Å². The summed E-state index contributed by atoms with van der Waals surface area (Å²) in [6.45, 7) is 3.23. The largest absolute Gasteiger partial charge is 0.342 e. The van der Waals surface area contributed by atoms with Crippen molar-refractivity contribution in [1.29, 1.82) is 0 Å². The first kappa shape index (κ1) is 17.8. The third-order valence-corrected chi connectivity index (χ3v) is 5.81. The molecule has 0 atom stereocenters. The molecule has 4 rings (SSSR count). The molecule has 0 N–H and O–H groups in total. The first-order chi connectivity index (χ1) is 13.2. The second kappa shape index (κ2) is 7.99. The van der Waals surface area contributed by atoms with E-state index in [0.29, 0.717) is 25.4 Å². The normalized spacial score (nSPS) is 18.1. The highest BCUT2D eigenvalue weighted by Crippen LogP contribution is 2.22. The highest BCUT2D eigenvalue weighted by atomic mass is 16.2. The molecule has 2 aliphatic heterocycles. The van der Waals surface area contributed by atoms with Crippen molar-refractivity contribution in [3.05, 3.63) is 54.4 Å². The summed E-state index contributed by atoms with van der Waals surface area (Å²) in [6.07, 6.45) is 8.30. The number of rotatable bonds is 4. The number of hydrogen-bond donors (Lipinski definition) is 0. The molecule has 2 aromatic rings. The molecule has 2 aliphatic rings. The molecule has 1 aromatic heterocycles. The maximum atomic E-state index is 12.6. The third kappa shape index (κ3) is 4.07. The van der Waals surface area contributed by atoms with Gasteiger partial charge in [0.1, 0.15) is 0 Å². The molecule has 3 heterocycles. The van der Waals surface area contributed by atoms with Crippen molar-refractivity contribution in [2.24, 2.45) is 5.92 Å². The van der Waals surface area contributed by atoms with Gasteiger partial charge >= 0.3 is 0 Å². The van der Waals surface area contributed by atoms with Crippen LogP contribution in [0.15, 0.2) is 48.8 Å². The summed E-state index contributed by atoms with van der Waals surface area (Å²) in [4.78, 5) is 29.1. The lowest BCUT2D eigenvalue weighted by atomic mass is 9.95. The topological polar surface area (TPSA) is 45.6 Å². The Bertz CT molecular complexity index is 768. The average Bonchev–Trinajstić information content (AvgIpc) is 3.42. The number of carbonyl (C=O) groups is 2. The molecule has 0 unspecified atom stereocenters. The van der Waals surface area contributed by atoms with Crippen LogP contribution in [0.4, 0.5) is 0 Å². The number of likely N-dealkylation sites (tertiary alicyclic amines) is 2. The quantitative estimate of drug-likeness (QED) is 0.836. The number of piperidine rings is 1. The molecule has 0 spiro atoms. The van der Waals surface area contributed by atoms with Gasteiger partial charge in [-0.3, -0.25) is 9.59 Å². The van der Waals surface area contributed by atoms with E-state index >= 15 is 0 Å². The van der Waals surface area contributed by atoms with Gasteiger partial charge in [-0.15, -0.1) is 0 Å². The first-order valence-corrected chi connectivity index (χ1v) is 9.99. The molecule has 27 heavy (non-hydrogen) atoms. The lowest BCUT2D eigenvalue weighted by Crippen LogP contribution is -2.44. The summed E-state index contributed by atoms with van der Waals surface area (Å²) in [7, 11) is 0. The molecule has 2 amide bonds. The summed E-state index contributed by atoms with van der Waals surface area (Å²) in [6, 6.07) is 12.1. The standard InChI is InChI=1S/C22H27N3O2/c26-21(17-18-5-7-20(8-6-18)23-11-1-2-12-23)24-15-9-19(10-16-24)22(27)25-13-3-4-14-25/h1-2,5-8,11-12,19H,3-4,9-10,13-17H2. The Kier molecular flexibility index (Phi) is 5.28. The summed E-state index contributed by atoms with van der Waals surface area (Å²) >= 11 is 0. The minimum atomic E-state index is 0.105. The van der Waals surface area contributed by atoms with E-state index < -0.39 is 0 Å². The Labute approximate surface area is 160 Å². The lowest BCUT2D eigenvalue weighted by Gasteiger charge is -2.33. The maximum absolute atomic E-state index is 12.6. The first-order valence-electron chi connectivity index (χ1n) is 9.99. The zero-order valence-corrected chi connectivity index (χ0v) is 15.7. The fourth-order valence-corrected chi connectivity index (χ4v) is 4.15. The van der Waals surface area contributed by atoms with Crippen LogP contribution in [0.25, 0.3) is 5.69 Å². The van der Waals surface area contributed by atoms with Crippen LogP contribution in [0.1, 0.15) is 31.2 Å². The van der Waals surface area contributed by atoms with Crippen LogP contribution in [-0.4, -0.2) is 52.4 Å². The van der Waals surface area contributed by atoms with Crippen LogP contribution >= 0.6 is 0 Å². The van der Waals surface area contributed by atoms with Gasteiger partial charge in [-0.2, -0.15) is 0 Å². The molecule has 0 bridgehead atoms. The number of benzene rings is 1. The van der Waals surface area contributed by atoms with Crippen molar-refractivity contribution < 1.29 is 9.59 Å². The van der Waals surface area contributed by atoms with Gasteiger partial charge in [-0.25, -0.2) is 0 Å². The third-order valence-electron chi connectivity index (χ3n) is 5.81. The van der Waals surface area contributed by atoms with Crippen molar-refractivity contribution in [3.8, 4) is 5.69 Å². The van der Waals surface area contributed by atoms with Crippen LogP contribution in [0.5, 0.6) is 0 Å². The zero-order chi connectivity index (χ0) is 18.6. The fourth-order valence-electron chi connectivity index (χ4n) is 4.15. The van der Waals surface area contributed by atoms with Gasteiger partial charge in [0.05, 0.1) is 6.42 Å². The molecule has 0 radical (unpaired) electrons. The molecular formula is C22H27N3O2.